The van der Waals surface area contributed by atoms with Crippen LogP contribution in [0.4, 0.5) is 11.4 Å². The van der Waals surface area contributed by atoms with Crippen molar-refractivity contribution in [3.05, 3.63) is 6.07 Å². The first-order chi connectivity index (χ1) is 8.04. The molecule has 5 nitrogen and oxygen atoms in total. The summed E-state index contributed by atoms with van der Waals surface area (Å²) < 4.78 is 10.9. The largest absolute Gasteiger partial charge is 0.494 e. The van der Waals surface area contributed by atoms with E-state index in [1.165, 1.54) is 0 Å². The van der Waals surface area contributed by atoms with E-state index in [9.17, 15) is 0 Å². The van der Waals surface area contributed by atoms with Gasteiger partial charge in [0.25, 0.3) is 0 Å². The van der Waals surface area contributed by atoms with Crippen molar-refractivity contribution >= 4 is 23.1 Å². The Morgan fingerprint density at radius 3 is 2.76 bits per heavy atom. The summed E-state index contributed by atoms with van der Waals surface area (Å²) in [6.07, 6.45) is 0. The van der Waals surface area contributed by atoms with Gasteiger partial charge in [-0.3, -0.25) is 4.90 Å². The lowest BCUT2D eigenvalue weighted by atomic mass is 10.2. The number of benzene rings is 1. The van der Waals surface area contributed by atoms with Crippen LogP contribution in [0.3, 0.4) is 0 Å². The van der Waals surface area contributed by atoms with E-state index >= 15 is 0 Å². The number of methoxy groups -OCH3 is 1. The summed E-state index contributed by atoms with van der Waals surface area (Å²) in [5.41, 5.74) is 13.1. The van der Waals surface area contributed by atoms with Crippen LogP contribution in [0.5, 0.6) is 11.5 Å². The number of rotatable bonds is 2. The van der Waals surface area contributed by atoms with Crippen molar-refractivity contribution < 1.29 is 9.47 Å². The Balaban J connectivity index is 2.42. The molecule has 1 aliphatic heterocycles. The second-order valence-corrected chi connectivity index (χ2v) is 5.28. The molecule has 0 aliphatic carbocycles. The first-order valence-electron chi connectivity index (χ1n) is 5.26. The number of fused-ring (bicyclic) bond motifs is 1. The summed E-state index contributed by atoms with van der Waals surface area (Å²) in [4.78, 5) is 2.99. The van der Waals surface area contributed by atoms with Crippen LogP contribution in [0.15, 0.2) is 11.0 Å². The Morgan fingerprint density at radius 2 is 2.18 bits per heavy atom. The highest BCUT2D eigenvalue weighted by Gasteiger charge is 2.27. The molecule has 0 saturated carbocycles. The topological polar surface area (TPSA) is 73.7 Å². The van der Waals surface area contributed by atoms with Gasteiger partial charge in [-0.05, 0) is 14.1 Å². The maximum absolute atomic E-state index is 5.99. The summed E-state index contributed by atoms with van der Waals surface area (Å²) in [5.74, 6) is 1.20. The first kappa shape index (κ1) is 12.2. The van der Waals surface area contributed by atoms with Gasteiger partial charge in [0.1, 0.15) is 18.0 Å². The highest BCUT2D eigenvalue weighted by molar-refractivity contribution is 8.00. The van der Waals surface area contributed by atoms with Crippen LogP contribution in [0.25, 0.3) is 0 Å². The molecular formula is C11H17N3O2S. The molecule has 17 heavy (non-hydrogen) atoms. The molecule has 1 aromatic carbocycles. The summed E-state index contributed by atoms with van der Waals surface area (Å²) >= 11 is 1.67. The van der Waals surface area contributed by atoms with Gasteiger partial charge in [-0.2, -0.15) is 0 Å². The van der Waals surface area contributed by atoms with Crippen molar-refractivity contribution in [2.75, 3.05) is 39.3 Å². The highest BCUT2D eigenvalue weighted by Crippen LogP contribution is 2.48. The number of hydrogen-bond acceptors (Lipinski definition) is 6. The monoisotopic (exact) mass is 255 g/mol. The predicted molar refractivity (Wildman–Crippen MR) is 70.6 cm³/mol. The molecule has 0 aromatic heterocycles. The Kier molecular flexibility index (Phi) is 3.26. The zero-order valence-corrected chi connectivity index (χ0v) is 11.0. The summed E-state index contributed by atoms with van der Waals surface area (Å²) in [5, 5.41) is 0.248. The van der Waals surface area contributed by atoms with Crippen LogP contribution in [-0.4, -0.2) is 38.1 Å². The Morgan fingerprint density at radius 1 is 1.47 bits per heavy atom. The number of ether oxygens (including phenoxy) is 2. The second-order valence-electron chi connectivity index (χ2n) is 4.09. The van der Waals surface area contributed by atoms with Crippen LogP contribution in [-0.2, 0) is 0 Å². The lowest BCUT2D eigenvalue weighted by Gasteiger charge is -2.31. The first-order valence-corrected chi connectivity index (χ1v) is 6.14. The molecule has 0 spiro atoms. The van der Waals surface area contributed by atoms with E-state index in [1.807, 2.05) is 14.1 Å². The normalized spacial score (nSPS) is 18.7. The number of thioether (sulfide) groups is 1. The molecule has 6 heteroatoms. The van der Waals surface area contributed by atoms with E-state index in [0.717, 1.165) is 4.90 Å². The Bertz CT molecular complexity index is 437. The average Bonchev–Trinajstić information content (AvgIpc) is 2.33. The van der Waals surface area contributed by atoms with Gasteiger partial charge < -0.3 is 20.9 Å². The molecular weight excluding hydrogens is 238 g/mol. The molecule has 0 radical (unpaired) electrons. The number of likely N-dealkylation sites (N-methyl/N-ethyl adjacent to an activating group) is 1. The van der Waals surface area contributed by atoms with E-state index in [0.29, 0.717) is 29.5 Å². The average molecular weight is 255 g/mol. The van der Waals surface area contributed by atoms with Crippen LogP contribution in [0.2, 0.25) is 0 Å². The van der Waals surface area contributed by atoms with Crippen LogP contribution in [0.1, 0.15) is 0 Å². The fourth-order valence-corrected chi connectivity index (χ4v) is 2.75. The molecule has 1 heterocycles. The second kappa shape index (κ2) is 4.54. The molecule has 0 fully saturated rings. The minimum atomic E-state index is 0.248. The number of nitrogens with two attached hydrogens (primary N) is 2. The zero-order valence-electron chi connectivity index (χ0n) is 10.2. The minimum absolute atomic E-state index is 0.248. The maximum atomic E-state index is 5.99. The molecule has 1 unspecified atom stereocenters. The SMILES string of the molecule is COc1cc(N)c2c(c1N)OCC(N(C)C)S2. The molecule has 0 saturated heterocycles. The summed E-state index contributed by atoms with van der Waals surface area (Å²) in [7, 11) is 5.58. The summed E-state index contributed by atoms with van der Waals surface area (Å²) in [6, 6.07) is 1.74. The zero-order chi connectivity index (χ0) is 12.6. The number of anilines is 2. The molecule has 0 bridgehead atoms. The fourth-order valence-electron chi connectivity index (χ4n) is 1.66. The standard InChI is InChI=1S/C11H17N3O2S/c1-14(2)8-5-16-10-9(13)7(15-3)4-6(12)11(10)17-8/h4,8H,5,12-13H2,1-3H3. The van der Waals surface area contributed by atoms with Gasteiger partial charge in [-0.25, -0.2) is 0 Å². The molecule has 1 aliphatic rings. The molecule has 1 aromatic rings. The van der Waals surface area contributed by atoms with Gasteiger partial charge >= 0.3 is 0 Å². The van der Waals surface area contributed by atoms with Crippen molar-refractivity contribution in [1.29, 1.82) is 0 Å². The Hall–Kier alpha value is -1.27. The van der Waals surface area contributed by atoms with Crippen LogP contribution in [0, 0.1) is 0 Å². The third kappa shape index (κ3) is 2.10. The van der Waals surface area contributed by atoms with E-state index in [-0.39, 0.29) is 5.37 Å². The number of hydrogen-bond donors (Lipinski definition) is 2. The lowest BCUT2D eigenvalue weighted by molar-refractivity contribution is 0.230. The van der Waals surface area contributed by atoms with Crippen LogP contribution >= 0.6 is 11.8 Å². The van der Waals surface area contributed by atoms with E-state index in [2.05, 4.69) is 4.90 Å². The van der Waals surface area contributed by atoms with Crippen molar-refractivity contribution in [3.8, 4) is 11.5 Å². The predicted octanol–water partition coefficient (Wildman–Crippen LogP) is 1.23. The van der Waals surface area contributed by atoms with Gasteiger partial charge in [0.05, 0.1) is 23.1 Å². The van der Waals surface area contributed by atoms with E-state index in [4.69, 9.17) is 20.9 Å². The van der Waals surface area contributed by atoms with Crippen LogP contribution < -0.4 is 20.9 Å². The number of nitrogens with zero attached hydrogens (tertiary/aromatic N) is 1. The van der Waals surface area contributed by atoms with Crippen molar-refractivity contribution in [2.45, 2.75) is 10.3 Å². The van der Waals surface area contributed by atoms with Gasteiger partial charge in [-0.15, -0.1) is 0 Å². The van der Waals surface area contributed by atoms with Gasteiger partial charge in [-0.1, -0.05) is 11.8 Å². The maximum Gasteiger partial charge on any atom is 0.161 e. The smallest absolute Gasteiger partial charge is 0.161 e. The van der Waals surface area contributed by atoms with Crippen molar-refractivity contribution in [2.24, 2.45) is 0 Å². The van der Waals surface area contributed by atoms with Gasteiger partial charge in [0.15, 0.2) is 5.75 Å². The third-order valence-electron chi connectivity index (χ3n) is 2.69. The third-order valence-corrected chi connectivity index (χ3v) is 4.17. The molecule has 1 atom stereocenters. The van der Waals surface area contributed by atoms with E-state index in [1.54, 1.807) is 24.9 Å². The molecule has 4 N–H and O–H groups in total. The lowest BCUT2D eigenvalue weighted by Crippen LogP contribution is -2.33. The van der Waals surface area contributed by atoms with Crippen molar-refractivity contribution in [3.63, 3.8) is 0 Å². The number of nitrogen functional groups attached to an aromatic ring is 2. The highest BCUT2D eigenvalue weighted by atomic mass is 32.2. The molecule has 2 rings (SSSR count). The van der Waals surface area contributed by atoms with Gasteiger partial charge in [0.2, 0.25) is 0 Å². The molecule has 0 amide bonds. The van der Waals surface area contributed by atoms with E-state index < -0.39 is 0 Å². The molecule has 94 valence electrons. The van der Waals surface area contributed by atoms with Gasteiger partial charge in [0, 0.05) is 6.07 Å². The fraction of sp³-hybridized carbons (Fsp3) is 0.455. The quantitative estimate of drug-likeness (QED) is 0.774. The summed E-state index contributed by atoms with van der Waals surface area (Å²) in [6.45, 7) is 0.585. The Labute approximate surface area is 105 Å². The minimum Gasteiger partial charge on any atom is -0.494 e. The van der Waals surface area contributed by atoms with Crippen molar-refractivity contribution in [1.82, 2.24) is 4.90 Å².